The maximum absolute atomic E-state index is 12.9. The van der Waals surface area contributed by atoms with Crippen LogP contribution < -0.4 is 0 Å². The van der Waals surface area contributed by atoms with Crippen LogP contribution in [0, 0.1) is 0 Å². The van der Waals surface area contributed by atoms with Crippen LogP contribution in [0.25, 0.3) is 0 Å². The van der Waals surface area contributed by atoms with E-state index in [9.17, 15) is 14.4 Å². The van der Waals surface area contributed by atoms with Gasteiger partial charge in [-0.15, -0.1) is 0 Å². The standard InChI is InChI=1S/C68H116O6/c1-4-7-10-13-16-19-22-25-28-30-32-33-34-35-36-38-40-43-46-49-52-55-58-61-67(70)73-64-65(63-72-66(69)60-57-54-51-48-45-42-39-27-24-21-18-15-12-9-6-3)74-68(71)62-59-56-53-50-47-44-41-37-31-29-26-23-20-17-14-11-8-5-2/h7,10,16,19,25,28-29,31-33,35-36,40,43,49,52,65H,4-6,8-9,11-15,17-18,20-24,26-27,30,34,37-39,41-42,44-48,50-51,53-64H2,1-3H3/b10-7-,19-16-,28-25-,31-29-,33-32-,36-35-,43-40-,52-49-. The summed E-state index contributed by atoms with van der Waals surface area (Å²) in [5, 5.41) is 0. The molecule has 0 spiro atoms. The Morgan fingerprint density at radius 1 is 0.284 bits per heavy atom. The van der Waals surface area contributed by atoms with Crippen molar-refractivity contribution in [2.45, 2.75) is 303 Å². The lowest BCUT2D eigenvalue weighted by Gasteiger charge is -2.18. The molecule has 0 heterocycles. The van der Waals surface area contributed by atoms with E-state index >= 15 is 0 Å². The number of allylic oxidation sites excluding steroid dienone is 16. The van der Waals surface area contributed by atoms with Crippen LogP contribution in [0.5, 0.6) is 0 Å². The van der Waals surface area contributed by atoms with Gasteiger partial charge in [-0.05, 0) is 96.3 Å². The molecule has 0 aromatic carbocycles. The van der Waals surface area contributed by atoms with Gasteiger partial charge < -0.3 is 14.2 Å². The Morgan fingerprint density at radius 2 is 0.541 bits per heavy atom. The van der Waals surface area contributed by atoms with Crippen molar-refractivity contribution in [2.24, 2.45) is 0 Å². The summed E-state index contributed by atoms with van der Waals surface area (Å²) in [7, 11) is 0. The molecule has 0 N–H and O–H groups in total. The number of ether oxygens (including phenoxy) is 3. The quantitative estimate of drug-likeness (QED) is 0.0261. The summed E-state index contributed by atoms with van der Waals surface area (Å²) in [5.41, 5.74) is 0. The van der Waals surface area contributed by atoms with Gasteiger partial charge in [-0.25, -0.2) is 0 Å². The van der Waals surface area contributed by atoms with E-state index < -0.39 is 6.10 Å². The molecule has 0 amide bonds. The Balaban J connectivity index is 4.47. The van der Waals surface area contributed by atoms with E-state index in [-0.39, 0.29) is 37.5 Å². The fraction of sp³-hybridized carbons (Fsp3) is 0.721. The molecule has 1 atom stereocenters. The number of carbonyl (C=O) groups excluding carboxylic acids is 3. The van der Waals surface area contributed by atoms with Crippen molar-refractivity contribution in [3.05, 3.63) is 97.2 Å². The molecule has 0 aliphatic carbocycles. The summed E-state index contributed by atoms with van der Waals surface area (Å²) >= 11 is 0. The SMILES string of the molecule is CC/C=C\C/C=C\C/C=C\C/C=C\C/C=C\C/C=C\C/C=C\CCCC(=O)OCC(COC(=O)CCCCCCCCCCCCCCCCC)OC(=O)CCCCCCCCC/C=C\CCCCCCCCC. The molecule has 74 heavy (non-hydrogen) atoms. The Labute approximate surface area is 457 Å². The van der Waals surface area contributed by atoms with Crippen molar-refractivity contribution in [3.63, 3.8) is 0 Å². The van der Waals surface area contributed by atoms with Gasteiger partial charge in [0.1, 0.15) is 13.2 Å². The third-order valence-electron chi connectivity index (χ3n) is 13.3. The fourth-order valence-corrected chi connectivity index (χ4v) is 8.66. The van der Waals surface area contributed by atoms with E-state index in [1.54, 1.807) is 0 Å². The van der Waals surface area contributed by atoms with E-state index in [0.717, 1.165) is 89.9 Å². The van der Waals surface area contributed by atoms with Crippen LogP contribution in [0.1, 0.15) is 297 Å². The lowest BCUT2D eigenvalue weighted by molar-refractivity contribution is -0.167. The Morgan fingerprint density at radius 3 is 0.892 bits per heavy atom. The van der Waals surface area contributed by atoms with Gasteiger partial charge >= 0.3 is 17.9 Å². The molecular formula is C68H116O6. The van der Waals surface area contributed by atoms with Crippen LogP contribution in [0.4, 0.5) is 0 Å². The van der Waals surface area contributed by atoms with E-state index in [2.05, 4.69) is 118 Å². The van der Waals surface area contributed by atoms with Gasteiger partial charge in [0.05, 0.1) is 0 Å². The second kappa shape index (κ2) is 61.9. The van der Waals surface area contributed by atoms with Crippen LogP contribution in [0.3, 0.4) is 0 Å². The van der Waals surface area contributed by atoms with Gasteiger partial charge in [0.15, 0.2) is 6.10 Å². The summed E-state index contributed by atoms with van der Waals surface area (Å²) in [6.45, 7) is 6.50. The molecule has 424 valence electrons. The summed E-state index contributed by atoms with van der Waals surface area (Å²) in [4.78, 5) is 38.3. The summed E-state index contributed by atoms with van der Waals surface area (Å²) in [6.07, 6.45) is 82.7. The number of esters is 3. The number of carbonyl (C=O) groups is 3. The van der Waals surface area contributed by atoms with Gasteiger partial charge in [-0.2, -0.15) is 0 Å². The normalized spacial score (nSPS) is 12.7. The highest BCUT2D eigenvalue weighted by Gasteiger charge is 2.19. The minimum atomic E-state index is -0.803. The minimum Gasteiger partial charge on any atom is -0.462 e. The second-order valence-electron chi connectivity index (χ2n) is 20.6. The average molecular weight is 1030 g/mol. The number of rotatable bonds is 56. The first kappa shape index (κ1) is 70.3. The fourth-order valence-electron chi connectivity index (χ4n) is 8.66. The van der Waals surface area contributed by atoms with Gasteiger partial charge in [0, 0.05) is 19.3 Å². The highest BCUT2D eigenvalue weighted by atomic mass is 16.6. The lowest BCUT2D eigenvalue weighted by atomic mass is 10.0. The molecule has 0 aromatic rings. The maximum atomic E-state index is 12.9. The van der Waals surface area contributed by atoms with Crippen molar-refractivity contribution < 1.29 is 28.6 Å². The summed E-state index contributed by atoms with van der Waals surface area (Å²) in [5.74, 6) is -0.952. The summed E-state index contributed by atoms with van der Waals surface area (Å²) < 4.78 is 16.9. The van der Waals surface area contributed by atoms with Crippen LogP contribution in [-0.2, 0) is 28.6 Å². The molecular weight excluding hydrogens is 913 g/mol. The summed E-state index contributed by atoms with van der Waals surface area (Å²) in [6, 6.07) is 0. The predicted octanol–water partition coefficient (Wildman–Crippen LogP) is 21.3. The first-order chi connectivity index (χ1) is 36.5. The topological polar surface area (TPSA) is 78.9 Å². The van der Waals surface area contributed by atoms with Crippen molar-refractivity contribution in [1.29, 1.82) is 0 Å². The third kappa shape index (κ3) is 59.2. The molecule has 0 radical (unpaired) electrons. The molecule has 6 nitrogen and oxygen atoms in total. The zero-order valence-electron chi connectivity index (χ0n) is 48.6. The molecule has 0 aromatic heterocycles. The molecule has 0 aliphatic rings. The monoisotopic (exact) mass is 1030 g/mol. The van der Waals surface area contributed by atoms with Crippen molar-refractivity contribution >= 4 is 17.9 Å². The average Bonchev–Trinajstić information content (AvgIpc) is 3.40. The van der Waals surface area contributed by atoms with Gasteiger partial charge in [0.2, 0.25) is 0 Å². The Hall–Kier alpha value is -3.67. The minimum absolute atomic E-state index is 0.0950. The zero-order chi connectivity index (χ0) is 53.6. The first-order valence-corrected chi connectivity index (χ1v) is 31.2. The number of hydrogen-bond donors (Lipinski definition) is 0. The van der Waals surface area contributed by atoms with Crippen LogP contribution in [0.15, 0.2) is 97.2 Å². The van der Waals surface area contributed by atoms with Crippen LogP contribution in [-0.4, -0.2) is 37.2 Å². The van der Waals surface area contributed by atoms with Gasteiger partial charge in [-0.1, -0.05) is 279 Å². The molecule has 0 fully saturated rings. The lowest BCUT2D eigenvalue weighted by Crippen LogP contribution is -2.30. The molecule has 0 bridgehead atoms. The van der Waals surface area contributed by atoms with Crippen molar-refractivity contribution in [2.75, 3.05) is 13.2 Å². The van der Waals surface area contributed by atoms with E-state index in [1.807, 2.05) is 0 Å². The van der Waals surface area contributed by atoms with Crippen molar-refractivity contribution in [1.82, 2.24) is 0 Å². The first-order valence-electron chi connectivity index (χ1n) is 31.2. The van der Waals surface area contributed by atoms with E-state index in [0.29, 0.717) is 19.3 Å². The highest BCUT2D eigenvalue weighted by Crippen LogP contribution is 2.16. The highest BCUT2D eigenvalue weighted by molar-refractivity contribution is 5.71. The van der Waals surface area contributed by atoms with Crippen LogP contribution >= 0.6 is 0 Å². The number of hydrogen-bond acceptors (Lipinski definition) is 6. The zero-order valence-corrected chi connectivity index (χ0v) is 48.6. The third-order valence-corrected chi connectivity index (χ3v) is 13.3. The van der Waals surface area contributed by atoms with Crippen molar-refractivity contribution in [3.8, 4) is 0 Å². The largest absolute Gasteiger partial charge is 0.462 e. The Kier molecular flexibility index (Phi) is 58.8. The smallest absolute Gasteiger partial charge is 0.306 e. The molecule has 0 rings (SSSR count). The number of unbranched alkanes of at least 4 members (excludes halogenated alkanes) is 29. The maximum Gasteiger partial charge on any atom is 0.306 e. The molecule has 6 heteroatoms. The molecule has 0 saturated heterocycles. The second-order valence-corrected chi connectivity index (χ2v) is 20.6. The molecule has 0 saturated carbocycles. The van der Waals surface area contributed by atoms with E-state index in [1.165, 1.54) is 161 Å². The predicted molar refractivity (Wildman–Crippen MR) is 320 cm³/mol. The van der Waals surface area contributed by atoms with E-state index in [4.69, 9.17) is 14.2 Å². The van der Waals surface area contributed by atoms with Crippen LogP contribution in [0.2, 0.25) is 0 Å². The molecule has 1 unspecified atom stereocenters. The Bertz CT molecular complexity index is 1460. The van der Waals surface area contributed by atoms with Gasteiger partial charge in [0.25, 0.3) is 0 Å². The van der Waals surface area contributed by atoms with Gasteiger partial charge in [-0.3, -0.25) is 14.4 Å². The molecule has 0 aliphatic heterocycles.